The number of halogens is 3. The van der Waals surface area contributed by atoms with Crippen LogP contribution in [-0.4, -0.2) is 37.6 Å². The molecule has 0 unspecified atom stereocenters. The first-order valence-electron chi connectivity index (χ1n) is 7.52. The molecule has 2 fully saturated rings. The van der Waals surface area contributed by atoms with Crippen LogP contribution in [0.3, 0.4) is 0 Å². The van der Waals surface area contributed by atoms with Gasteiger partial charge in [-0.1, -0.05) is 0 Å². The summed E-state index contributed by atoms with van der Waals surface area (Å²) in [6.07, 6.45) is -2.33. The van der Waals surface area contributed by atoms with Crippen LogP contribution in [0.25, 0.3) is 0 Å². The number of ether oxygens (including phenoxy) is 1. The van der Waals surface area contributed by atoms with Gasteiger partial charge in [0.25, 0.3) is 0 Å². The maximum absolute atomic E-state index is 12.9. The van der Waals surface area contributed by atoms with Crippen molar-refractivity contribution >= 4 is 11.7 Å². The second-order valence-electron chi connectivity index (χ2n) is 5.96. The molecule has 1 amide bonds. The van der Waals surface area contributed by atoms with Crippen molar-refractivity contribution in [2.45, 2.75) is 25.4 Å². The molecular formula is C15H18F3N3O2. The zero-order valence-corrected chi connectivity index (χ0v) is 12.7. The third-order valence-corrected chi connectivity index (χ3v) is 4.69. The summed E-state index contributed by atoms with van der Waals surface area (Å²) in [6, 6.07) is 2.16. The fraction of sp³-hybridized carbons (Fsp3) is 0.600. The van der Waals surface area contributed by atoms with Crippen molar-refractivity contribution < 1.29 is 22.7 Å². The molecule has 126 valence electrons. The molecule has 3 heterocycles. The first-order valence-corrected chi connectivity index (χ1v) is 7.52. The summed E-state index contributed by atoms with van der Waals surface area (Å²) in [5.74, 6) is -0.336. The number of carbonyl (C=O) groups is 1. The van der Waals surface area contributed by atoms with Gasteiger partial charge in [0.1, 0.15) is 11.4 Å². The van der Waals surface area contributed by atoms with E-state index in [9.17, 15) is 18.0 Å². The lowest BCUT2D eigenvalue weighted by Crippen LogP contribution is -2.42. The van der Waals surface area contributed by atoms with Crippen molar-refractivity contribution in [3.8, 4) is 5.88 Å². The van der Waals surface area contributed by atoms with Crippen LogP contribution in [0.4, 0.5) is 19.0 Å². The molecule has 1 aromatic heterocycles. The molecule has 23 heavy (non-hydrogen) atoms. The van der Waals surface area contributed by atoms with Crippen LogP contribution in [-0.2, 0) is 11.0 Å². The summed E-state index contributed by atoms with van der Waals surface area (Å²) in [7, 11) is 1.14. The molecule has 0 saturated carbocycles. The highest BCUT2D eigenvalue weighted by Crippen LogP contribution is 2.42. The molecular weight excluding hydrogens is 311 g/mol. The van der Waals surface area contributed by atoms with Gasteiger partial charge in [-0.15, -0.1) is 0 Å². The number of carbonyl (C=O) groups excluding carboxylic acids is 1. The van der Waals surface area contributed by atoms with Crippen molar-refractivity contribution in [3.63, 3.8) is 0 Å². The molecule has 0 atom stereocenters. The fourth-order valence-electron chi connectivity index (χ4n) is 3.36. The van der Waals surface area contributed by atoms with E-state index in [1.807, 2.05) is 0 Å². The summed E-state index contributed by atoms with van der Waals surface area (Å²) in [6.45, 7) is 2.03. The van der Waals surface area contributed by atoms with Gasteiger partial charge in [-0.3, -0.25) is 9.69 Å². The number of methoxy groups -OCH3 is 1. The highest BCUT2D eigenvalue weighted by Gasteiger charge is 2.48. The molecule has 0 aliphatic carbocycles. The Labute approximate surface area is 131 Å². The van der Waals surface area contributed by atoms with E-state index >= 15 is 0 Å². The maximum Gasteiger partial charge on any atom is 0.421 e. The van der Waals surface area contributed by atoms with Gasteiger partial charge >= 0.3 is 6.18 Å². The lowest BCUT2D eigenvalue weighted by atomic mass is 9.78. The second kappa shape index (κ2) is 5.67. The molecule has 0 aromatic carbocycles. The van der Waals surface area contributed by atoms with Crippen LogP contribution in [0.2, 0.25) is 0 Å². The van der Waals surface area contributed by atoms with Gasteiger partial charge in [0, 0.05) is 6.54 Å². The van der Waals surface area contributed by atoms with Crippen molar-refractivity contribution in [3.05, 3.63) is 17.7 Å². The monoisotopic (exact) mass is 329 g/mol. The summed E-state index contributed by atoms with van der Waals surface area (Å²) in [5.41, 5.74) is -1.34. The normalized spacial score (nSPS) is 21.0. The standard InChI is InChI=1S/C15H18F3N3O2/c1-23-12-10(15(16,17)18)2-3-11(20-12)21-9-6-14(13(21)22)4-7-19-8-5-14/h2-3,19H,4-9H2,1H3. The van der Waals surface area contributed by atoms with Gasteiger partial charge in [-0.05, 0) is 44.5 Å². The van der Waals surface area contributed by atoms with E-state index in [-0.39, 0.29) is 11.7 Å². The number of aromatic nitrogens is 1. The third kappa shape index (κ3) is 2.75. The SMILES string of the molecule is COc1nc(N2CCC3(CCNCC3)C2=O)ccc1C(F)(F)F. The minimum Gasteiger partial charge on any atom is -0.481 e. The Morgan fingerprint density at radius 2 is 1.96 bits per heavy atom. The second-order valence-corrected chi connectivity index (χ2v) is 5.96. The smallest absolute Gasteiger partial charge is 0.421 e. The van der Waals surface area contributed by atoms with Gasteiger partial charge in [0.15, 0.2) is 0 Å². The van der Waals surface area contributed by atoms with E-state index in [0.29, 0.717) is 13.0 Å². The molecule has 0 bridgehead atoms. The summed E-state index contributed by atoms with van der Waals surface area (Å²) in [5, 5.41) is 3.22. The Bertz CT molecular complexity index is 612. The van der Waals surface area contributed by atoms with Crippen molar-refractivity contribution in [1.29, 1.82) is 0 Å². The predicted molar refractivity (Wildman–Crippen MR) is 77.3 cm³/mol. The first-order chi connectivity index (χ1) is 10.9. The Kier molecular flexibility index (Phi) is 3.95. The highest BCUT2D eigenvalue weighted by atomic mass is 19.4. The topological polar surface area (TPSA) is 54.5 Å². The molecule has 1 aromatic rings. The number of hydrogen-bond donors (Lipinski definition) is 1. The molecule has 5 nitrogen and oxygen atoms in total. The van der Waals surface area contributed by atoms with Gasteiger partial charge in [0.05, 0.1) is 12.5 Å². The molecule has 1 N–H and O–H groups in total. The van der Waals surface area contributed by atoms with E-state index in [1.165, 1.54) is 11.0 Å². The van der Waals surface area contributed by atoms with E-state index in [0.717, 1.165) is 39.1 Å². The van der Waals surface area contributed by atoms with Crippen LogP contribution in [0.1, 0.15) is 24.8 Å². The van der Waals surface area contributed by atoms with E-state index in [2.05, 4.69) is 10.3 Å². The number of nitrogens with one attached hydrogen (secondary N) is 1. The van der Waals surface area contributed by atoms with Crippen LogP contribution in [0, 0.1) is 5.41 Å². The molecule has 2 aliphatic heterocycles. The Morgan fingerprint density at radius 1 is 1.26 bits per heavy atom. The Hall–Kier alpha value is -1.83. The summed E-state index contributed by atoms with van der Waals surface area (Å²) >= 11 is 0. The largest absolute Gasteiger partial charge is 0.481 e. The number of alkyl halides is 3. The number of piperidine rings is 1. The quantitative estimate of drug-likeness (QED) is 0.904. The number of rotatable bonds is 2. The van der Waals surface area contributed by atoms with Gasteiger partial charge in [0.2, 0.25) is 11.8 Å². The van der Waals surface area contributed by atoms with Crippen LogP contribution < -0.4 is 15.0 Å². The maximum atomic E-state index is 12.9. The minimum atomic E-state index is -4.54. The van der Waals surface area contributed by atoms with Crippen LogP contribution in [0.5, 0.6) is 5.88 Å². The predicted octanol–water partition coefficient (Wildman–Crippen LogP) is 2.22. The van der Waals surface area contributed by atoms with Crippen LogP contribution in [0.15, 0.2) is 12.1 Å². The van der Waals surface area contributed by atoms with E-state index in [1.54, 1.807) is 0 Å². The van der Waals surface area contributed by atoms with Gasteiger partial charge in [-0.25, -0.2) is 0 Å². The number of nitrogens with zero attached hydrogens (tertiary/aromatic N) is 2. The zero-order chi connectivity index (χ0) is 16.7. The van der Waals surface area contributed by atoms with Crippen LogP contribution >= 0.6 is 0 Å². The molecule has 2 saturated heterocycles. The lowest BCUT2D eigenvalue weighted by Gasteiger charge is -2.31. The van der Waals surface area contributed by atoms with E-state index < -0.39 is 23.0 Å². The lowest BCUT2D eigenvalue weighted by molar-refractivity contribution is -0.139. The zero-order valence-electron chi connectivity index (χ0n) is 12.7. The minimum absolute atomic E-state index is 0.0479. The molecule has 0 radical (unpaired) electrons. The molecule has 1 spiro atoms. The third-order valence-electron chi connectivity index (χ3n) is 4.69. The van der Waals surface area contributed by atoms with Crippen molar-refractivity contribution in [2.75, 3.05) is 31.6 Å². The summed E-state index contributed by atoms with van der Waals surface area (Å²) < 4.78 is 43.5. The fourth-order valence-corrected chi connectivity index (χ4v) is 3.36. The highest BCUT2D eigenvalue weighted by molar-refractivity contribution is 5.99. The van der Waals surface area contributed by atoms with Gasteiger partial charge < -0.3 is 10.1 Å². The van der Waals surface area contributed by atoms with Gasteiger partial charge in [-0.2, -0.15) is 18.2 Å². The Balaban J connectivity index is 1.89. The molecule has 8 heteroatoms. The number of hydrogen-bond acceptors (Lipinski definition) is 4. The Morgan fingerprint density at radius 3 is 2.57 bits per heavy atom. The average molecular weight is 329 g/mol. The van der Waals surface area contributed by atoms with Crippen molar-refractivity contribution in [1.82, 2.24) is 10.3 Å². The number of pyridine rings is 1. The molecule has 3 rings (SSSR count). The number of amides is 1. The average Bonchev–Trinajstić information content (AvgIpc) is 2.83. The number of anilines is 1. The van der Waals surface area contributed by atoms with Crippen molar-refractivity contribution in [2.24, 2.45) is 5.41 Å². The summed E-state index contributed by atoms with van der Waals surface area (Å²) in [4.78, 5) is 18.2. The first kappa shape index (κ1) is 16.0. The van der Waals surface area contributed by atoms with E-state index in [4.69, 9.17) is 4.74 Å². The molecule has 2 aliphatic rings.